The number of benzene rings is 4. The van der Waals surface area contributed by atoms with E-state index in [1.807, 2.05) is 60.7 Å². The minimum Gasteiger partial charge on any atom is -0.477 e. The summed E-state index contributed by atoms with van der Waals surface area (Å²) >= 11 is 2.75. The van der Waals surface area contributed by atoms with Crippen LogP contribution in [0.5, 0.6) is 0 Å². The van der Waals surface area contributed by atoms with Crippen LogP contribution in [0.4, 0.5) is 0 Å². The van der Waals surface area contributed by atoms with Gasteiger partial charge in [0, 0.05) is 88.3 Å². The van der Waals surface area contributed by atoms with Crippen LogP contribution in [0.15, 0.2) is 109 Å². The Labute approximate surface area is 557 Å². The Hall–Kier alpha value is -6.06. The number of rotatable bonds is 35. The fourth-order valence-electron chi connectivity index (χ4n) is 9.98. The zero-order valence-electron chi connectivity index (χ0n) is 50.8. The van der Waals surface area contributed by atoms with E-state index in [9.17, 15) is 79.2 Å². The molecule has 12 atom stereocenters. The van der Waals surface area contributed by atoms with Gasteiger partial charge in [0.2, 0.25) is 23.6 Å². The van der Waals surface area contributed by atoms with E-state index >= 15 is 0 Å². The maximum Gasteiger partial charge on any atom is 1.00 e. The van der Waals surface area contributed by atoms with Crippen LogP contribution in [0.25, 0.3) is 22.3 Å². The van der Waals surface area contributed by atoms with Gasteiger partial charge in [-0.25, -0.2) is 9.59 Å². The van der Waals surface area contributed by atoms with Crippen molar-refractivity contribution in [3.63, 3.8) is 0 Å². The Bertz CT molecular complexity index is 2800. The van der Waals surface area contributed by atoms with Gasteiger partial charge in [0.25, 0.3) is 23.4 Å². The monoisotopic (exact) mass is 1320 g/mol. The van der Waals surface area contributed by atoms with E-state index in [2.05, 4.69) is 31.9 Å². The van der Waals surface area contributed by atoms with Crippen molar-refractivity contribution in [3.8, 4) is 22.3 Å². The van der Waals surface area contributed by atoms with E-state index in [0.29, 0.717) is 23.0 Å². The van der Waals surface area contributed by atoms with Crippen molar-refractivity contribution in [3.05, 3.63) is 120 Å². The quantitative estimate of drug-likeness (QED) is 0.0172. The van der Waals surface area contributed by atoms with E-state index in [0.717, 1.165) is 36.1 Å². The summed E-state index contributed by atoms with van der Waals surface area (Å²) in [6.07, 6.45) is -14.5. The van der Waals surface area contributed by atoms with Crippen molar-refractivity contribution in [2.24, 2.45) is 0 Å². The van der Waals surface area contributed by atoms with Gasteiger partial charge in [-0.1, -0.05) is 84.9 Å². The number of thioether (sulfide) groups is 2. The van der Waals surface area contributed by atoms with Crippen LogP contribution in [0.3, 0.4) is 0 Å². The number of aliphatic hydroxyl groups excluding tert-OH is 6. The standard InChI is InChI=1S/C62H80N6O20S2.Na/c1-37(69)67-51-45(71)33-61(59(81)82,87-55(51)53(77)47(73)35-65-57(79)43-19-15-41(16-20-43)39-11-5-3-6-12-39)85-27-9-29-89-31-23-49(75)63-25-26-64-50(76)24-32-90-30-10-28-86-62(60(83)84)34-46(72)52(68-38(2)70)56(88-62)54(78)48(74)36-66-58(80)44-21-17-42(18-22-44)40-13-7-4-8-14-40;/h3-8,11-22,45-48,51-56,71-74,77-78H,9-10,23-36H2,1-2H3,(H,63,75)(H,64,76)(H,65,79)(H,66,80)(H,67,69)(H,68,70)(H,81,82)(H,83,84);/q;+1/t45-,46-,47+,48+,51+,52+,53?,54?,55+,56+,61+,62+;/m0./s1. The van der Waals surface area contributed by atoms with Crippen LogP contribution < -0.4 is 61.5 Å². The third-order valence-electron chi connectivity index (χ3n) is 14.7. The fourth-order valence-corrected chi connectivity index (χ4v) is 11.7. The number of aliphatic carboxylic acids is 2. The number of hydrogen-bond acceptors (Lipinski definition) is 20. The summed E-state index contributed by atoms with van der Waals surface area (Å²) in [5, 5.41) is 103. The van der Waals surface area contributed by atoms with Gasteiger partial charge in [0.05, 0.1) is 49.7 Å². The van der Waals surface area contributed by atoms with Crippen LogP contribution >= 0.6 is 23.5 Å². The first kappa shape index (κ1) is 75.7. The van der Waals surface area contributed by atoms with Crippen molar-refractivity contribution >= 4 is 70.9 Å². The molecule has 490 valence electrons. The molecule has 0 bridgehead atoms. The first-order valence-corrected chi connectivity index (χ1v) is 31.6. The second-order valence-corrected chi connectivity index (χ2v) is 24.0. The average Bonchev–Trinajstić information content (AvgIpc) is 0.952. The molecule has 91 heavy (non-hydrogen) atoms. The molecular formula is C62H80N6NaO20S2+. The van der Waals surface area contributed by atoms with Gasteiger partial charge in [-0.3, -0.25) is 28.8 Å². The van der Waals surface area contributed by atoms with Crippen LogP contribution in [0.1, 0.15) is 73.1 Å². The molecule has 6 amide bonds. The fraction of sp³-hybridized carbons (Fsp3) is 0.484. The van der Waals surface area contributed by atoms with E-state index in [1.165, 1.54) is 23.5 Å². The Morgan fingerprint density at radius 1 is 0.516 bits per heavy atom. The summed E-state index contributed by atoms with van der Waals surface area (Å²) in [5.41, 5.74) is 4.16. The molecule has 2 unspecified atom stereocenters. The van der Waals surface area contributed by atoms with E-state index < -0.39 is 134 Å². The topological polar surface area (TPSA) is 408 Å². The third-order valence-corrected chi connectivity index (χ3v) is 16.8. The maximum absolute atomic E-state index is 13.0. The number of ether oxygens (including phenoxy) is 4. The predicted octanol–water partition coefficient (Wildman–Crippen LogP) is -2.21. The Kier molecular flexibility index (Phi) is 31.3. The van der Waals surface area contributed by atoms with Gasteiger partial charge in [-0.2, -0.15) is 23.5 Å². The molecule has 0 aromatic heterocycles. The first-order valence-electron chi connectivity index (χ1n) is 29.3. The minimum absolute atomic E-state index is 0. The molecule has 4 aromatic rings. The molecule has 2 fully saturated rings. The largest absolute Gasteiger partial charge is 1.00 e. The predicted molar refractivity (Wildman–Crippen MR) is 330 cm³/mol. The molecule has 4 aromatic carbocycles. The number of aliphatic hydroxyl groups is 6. The van der Waals surface area contributed by atoms with Gasteiger partial charge >= 0.3 is 41.5 Å². The van der Waals surface area contributed by atoms with Crippen LogP contribution in [-0.4, -0.2) is 223 Å². The van der Waals surface area contributed by atoms with Gasteiger partial charge in [-0.15, -0.1) is 0 Å². The molecule has 0 saturated carbocycles. The van der Waals surface area contributed by atoms with Gasteiger partial charge in [-0.05, 0) is 70.9 Å². The molecule has 2 saturated heterocycles. The van der Waals surface area contributed by atoms with Gasteiger partial charge in [0.15, 0.2) is 0 Å². The Morgan fingerprint density at radius 3 is 1.19 bits per heavy atom. The van der Waals surface area contributed by atoms with Gasteiger partial charge < -0.3 is 91.7 Å². The summed E-state index contributed by atoms with van der Waals surface area (Å²) in [6.45, 7) is 1.17. The first-order chi connectivity index (χ1) is 43.0. The summed E-state index contributed by atoms with van der Waals surface area (Å²) in [7, 11) is 0. The molecule has 2 aliphatic heterocycles. The molecule has 0 spiro atoms. The molecule has 26 nitrogen and oxygen atoms in total. The Balaban J connectivity index is 0.0000150. The maximum atomic E-state index is 13.0. The molecule has 29 heteroatoms. The smallest absolute Gasteiger partial charge is 0.477 e. The zero-order valence-corrected chi connectivity index (χ0v) is 54.4. The molecule has 2 heterocycles. The van der Waals surface area contributed by atoms with Crippen molar-refractivity contribution in [2.75, 3.05) is 62.4 Å². The number of carboxylic acid groups (broad SMARTS) is 2. The number of nitrogens with one attached hydrogen (secondary N) is 6. The third kappa shape index (κ3) is 22.9. The van der Waals surface area contributed by atoms with E-state index in [4.69, 9.17) is 18.9 Å². The molecule has 6 rings (SSSR count). The number of hydrogen-bond donors (Lipinski definition) is 14. The van der Waals surface area contributed by atoms with Crippen LogP contribution in [-0.2, 0) is 47.7 Å². The van der Waals surface area contributed by atoms with Gasteiger partial charge in [0.1, 0.15) is 24.4 Å². The van der Waals surface area contributed by atoms with Crippen LogP contribution in [0, 0.1) is 0 Å². The molecule has 0 radical (unpaired) electrons. The normalized spacial score (nSPS) is 22.5. The molecule has 14 N–H and O–H groups in total. The van der Waals surface area contributed by atoms with E-state index in [-0.39, 0.29) is 104 Å². The summed E-state index contributed by atoms with van der Waals surface area (Å²) in [5.74, 6) is -9.64. The summed E-state index contributed by atoms with van der Waals surface area (Å²) in [6, 6.07) is 29.6. The molecular weight excluding hydrogens is 1240 g/mol. The van der Waals surface area contributed by atoms with Crippen molar-refractivity contribution < 1.29 is 128 Å². The SMILES string of the molecule is CC(=O)N[C@@H]1[C@@H](O)C[C@](OCCCSCCC(=O)NCCNC(=O)CCSCCCO[C@]2(C(=O)O)C[C@H](O)[C@@H](NC(C)=O)[C@H](C(O)[C@H](O)CNC(=O)c3ccc(-c4ccccc4)cc3)O2)(C(=O)O)O[C@H]1C(O)[C@H](O)CNC(=O)c1ccc(-c2ccccc2)cc1.[Na+]. The second-order valence-electron chi connectivity index (χ2n) is 21.5. The Morgan fingerprint density at radius 2 is 0.857 bits per heavy atom. The number of amides is 6. The second kappa shape index (κ2) is 37.6. The number of carbonyl (C=O) groups excluding carboxylic acids is 6. The number of carbonyl (C=O) groups is 8. The summed E-state index contributed by atoms with van der Waals surface area (Å²) in [4.78, 5) is 101. The average molecular weight is 1320 g/mol. The van der Waals surface area contributed by atoms with E-state index in [1.54, 1.807) is 48.5 Å². The van der Waals surface area contributed by atoms with Crippen LogP contribution in [0.2, 0.25) is 0 Å². The molecule has 0 aliphatic carbocycles. The molecule has 2 aliphatic rings. The van der Waals surface area contributed by atoms with Crippen molar-refractivity contribution in [1.82, 2.24) is 31.9 Å². The minimum atomic E-state index is -2.49. The van der Waals surface area contributed by atoms with Crippen molar-refractivity contribution in [2.45, 2.75) is 125 Å². The number of carboxylic acids is 2. The van der Waals surface area contributed by atoms with Crippen molar-refractivity contribution in [1.29, 1.82) is 0 Å². The zero-order chi connectivity index (χ0) is 65.4. The summed E-state index contributed by atoms with van der Waals surface area (Å²) < 4.78 is 23.1.